The van der Waals surface area contributed by atoms with Crippen LogP contribution in [-0.4, -0.2) is 76.7 Å². The van der Waals surface area contributed by atoms with Crippen molar-refractivity contribution in [3.8, 4) is 17.3 Å². The first kappa shape index (κ1) is 28.0. The van der Waals surface area contributed by atoms with Crippen molar-refractivity contribution in [2.45, 2.75) is 57.8 Å². The highest BCUT2D eigenvalue weighted by atomic mass is 32.2. The Balaban J connectivity index is 1.35. The first-order chi connectivity index (χ1) is 20.5. The number of aromatic nitrogens is 4. The summed E-state index contributed by atoms with van der Waals surface area (Å²) in [6, 6.07) is 8.30. The van der Waals surface area contributed by atoms with Gasteiger partial charge in [0.15, 0.2) is 5.88 Å². The molecule has 5 heterocycles. The van der Waals surface area contributed by atoms with Gasteiger partial charge in [0.2, 0.25) is 10.0 Å². The van der Waals surface area contributed by atoms with Gasteiger partial charge in [-0.15, -0.1) is 0 Å². The molecule has 0 radical (unpaired) electrons. The summed E-state index contributed by atoms with van der Waals surface area (Å²) in [6.45, 7) is -0.148. The Bertz CT molecular complexity index is 1880. The Hall–Kier alpha value is -3.78. The molecule has 4 aromatic heterocycles. The Kier molecular flexibility index (Phi) is 6.43. The maximum Gasteiger partial charge on any atom is 0.329 e. The first-order valence-electron chi connectivity index (χ1n) is 14.4. The van der Waals surface area contributed by atoms with E-state index in [-0.39, 0.29) is 28.1 Å². The lowest BCUT2D eigenvalue weighted by Crippen LogP contribution is -2.41. The van der Waals surface area contributed by atoms with Crippen LogP contribution < -0.4 is 14.8 Å². The van der Waals surface area contributed by atoms with Crippen LogP contribution in [0, 0.1) is 18.8 Å². The summed E-state index contributed by atoms with van der Waals surface area (Å²) < 4.78 is 61.5. The number of carbonyl (C=O) groups is 1. The molecule has 2 N–H and O–H groups in total. The van der Waals surface area contributed by atoms with Crippen LogP contribution >= 0.6 is 0 Å². The number of imidazole rings is 1. The molecule has 3 aliphatic rings. The average molecular weight is 614 g/mol. The lowest BCUT2D eigenvalue weighted by molar-refractivity contribution is 0.0700. The molecular weight excluding hydrogens is 580 g/mol. The molecule has 2 bridgehead atoms. The highest BCUT2D eigenvalue weighted by Crippen LogP contribution is 2.40. The fourth-order valence-corrected chi connectivity index (χ4v) is 7.57. The predicted octanol–water partition coefficient (Wildman–Crippen LogP) is 3.63. The standard InChI is InChI=1S/C29H33F2N7O4S/c1-15-26(33-23-11-19(12-24(42-2)37(15)23)28(39)36-14-18-6-8-20(36)25(18)32)21-10-17-7-9-22(38(29(30)31)43(3,40)41)34-27(17)35(21)13-16-4-5-16/h7,9-12,16,18,20,25,29H,4-6,8,13-14,32H2,1-3H3. The van der Waals surface area contributed by atoms with Gasteiger partial charge < -0.3 is 19.9 Å². The molecular formula is C29H33F2N7O4S. The van der Waals surface area contributed by atoms with Crippen LogP contribution in [0.5, 0.6) is 5.88 Å². The average Bonchev–Trinajstić information content (AvgIpc) is 3.36. The molecule has 11 nitrogen and oxygen atoms in total. The van der Waals surface area contributed by atoms with Gasteiger partial charge in [-0.05, 0) is 68.7 Å². The molecule has 0 spiro atoms. The largest absolute Gasteiger partial charge is 0.482 e. The number of ether oxygens (including phenoxy) is 1. The number of halogens is 2. The van der Waals surface area contributed by atoms with E-state index in [9.17, 15) is 22.0 Å². The molecule has 1 aliphatic heterocycles. The molecule has 0 aromatic carbocycles. The predicted molar refractivity (Wildman–Crippen MR) is 157 cm³/mol. The van der Waals surface area contributed by atoms with Crippen LogP contribution in [-0.2, 0) is 16.6 Å². The summed E-state index contributed by atoms with van der Waals surface area (Å²) in [5, 5.41) is 0.668. The highest BCUT2D eigenvalue weighted by molar-refractivity contribution is 7.92. The monoisotopic (exact) mass is 613 g/mol. The summed E-state index contributed by atoms with van der Waals surface area (Å²) in [5.74, 6) is 0.724. The van der Waals surface area contributed by atoms with Crippen LogP contribution in [0.1, 0.15) is 41.7 Å². The van der Waals surface area contributed by atoms with Gasteiger partial charge in [-0.2, -0.15) is 13.1 Å². The number of rotatable bonds is 8. The van der Waals surface area contributed by atoms with Gasteiger partial charge in [-0.1, -0.05) is 0 Å². The molecule has 7 rings (SSSR count). The Morgan fingerprint density at radius 3 is 2.53 bits per heavy atom. The van der Waals surface area contributed by atoms with Crippen LogP contribution in [0.4, 0.5) is 14.6 Å². The summed E-state index contributed by atoms with van der Waals surface area (Å²) in [6.07, 6.45) is 4.73. The number of piperidine rings is 1. The van der Waals surface area contributed by atoms with E-state index in [1.54, 1.807) is 25.3 Å². The number of methoxy groups -OCH3 is 1. The molecule has 2 saturated carbocycles. The molecule has 3 fully saturated rings. The van der Waals surface area contributed by atoms with Crippen LogP contribution in [0.3, 0.4) is 0 Å². The van der Waals surface area contributed by atoms with E-state index < -0.39 is 16.6 Å². The zero-order chi connectivity index (χ0) is 30.4. The number of aryl methyl sites for hydroxylation is 1. The fourth-order valence-electron chi connectivity index (χ4n) is 6.84. The van der Waals surface area contributed by atoms with Gasteiger partial charge in [0.1, 0.15) is 22.8 Å². The second kappa shape index (κ2) is 9.88. The molecule has 3 unspecified atom stereocenters. The number of fused-ring (bicyclic) bond motifs is 4. The van der Waals surface area contributed by atoms with E-state index in [1.165, 1.54) is 6.07 Å². The second-order valence-electron chi connectivity index (χ2n) is 12.0. The number of carbonyl (C=O) groups excluding carboxylic acids is 1. The quantitative estimate of drug-likeness (QED) is 0.301. The number of sulfonamides is 1. The molecule has 4 aromatic rings. The third-order valence-electron chi connectivity index (χ3n) is 9.16. The lowest BCUT2D eigenvalue weighted by Gasteiger charge is -2.27. The van der Waals surface area contributed by atoms with Crippen molar-refractivity contribution in [2.24, 2.45) is 17.6 Å². The van der Waals surface area contributed by atoms with Gasteiger partial charge in [0.25, 0.3) is 5.91 Å². The molecule has 43 heavy (non-hydrogen) atoms. The lowest BCUT2D eigenvalue weighted by atomic mass is 10.1. The Labute approximate surface area is 247 Å². The number of pyridine rings is 2. The van der Waals surface area contributed by atoms with Crippen molar-refractivity contribution >= 4 is 38.4 Å². The number of amides is 1. The third-order valence-corrected chi connectivity index (χ3v) is 10.2. The number of nitrogens with two attached hydrogens (primary N) is 1. The van der Waals surface area contributed by atoms with Gasteiger partial charge >= 0.3 is 6.55 Å². The summed E-state index contributed by atoms with van der Waals surface area (Å²) in [4.78, 5) is 24.9. The summed E-state index contributed by atoms with van der Waals surface area (Å²) in [5.41, 5.74) is 9.86. The minimum atomic E-state index is -4.27. The fraction of sp³-hybridized carbons (Fsp3) is 0.483. The topological polar surface area (TPSA) is 128 Å². The maximum atomic E-state index is 13.8. The third kappa shape index (κ3) is 4.53. The number of nitrogens with zero attached hydrogens (tertiary/aromatic N) is 6. The number of hydrogen-bond acceptors (Lipinski definition) is 7. The first-order valence-corrected chi connectivity index (χ1v) is 16.2. The molecule has 1 amide bonds. The molecule has 228 valence electrons. The van der Waals surface area contributed by atoms with E-state index in [0.29, 0.717) is 64.4 Å². The van der Waals surface area contributed by atoms with Crippen LogP contribution in [0.15, 0.2) is 30.3 Å². The van der Waals surface area contributed by atoms with Crippen LogP contribution in [0.2, 0.25) is 0 Å². The SMILES string of the molecule is COc1cc(C(=O)N2CC3CCC2C3N)cc2nc(-c3cc4ccc(N(C(F)F)S(C)(=O)=O)nc4n3CC3CC3)c(C)n12. The van der Waals surface area contributed by atoms with Gasteiger partial charge in [0.05, 0.1) is 24.8 Å². The van der Waals surface area contributed by atoms with Gasteiger partial charge in [-0.3, -0.25) is 9.20 Å². The van der Waals surface area contributed by atoms with Crippen molar-refractivity contribution in [3.63, 3.8) is 0 Å². The number of likely N-dealkylation sites (tertiary alicyclic amines) is 1. The number of alkyl halides is 2. The minimum absolute atomic E-state index is 0.00238. The van der Waals surface area contributed by atoms with Crippen molar-refractivity contribution in [3.05, 3.63) is 41.6 Å². The maximum absolute atomic E-state index is 13.8. The minimum Gasteiger partial charge on any atom is -0.482 e. The van der Waals surface area contributed by atoms with Gasteiger partial charge in [0, 0.05) is 42.2 Å². The Morgan fingerprint density at radius 2 is 1.93 bits per heavy atom. The highest BCUT2D eigenvalue weighted by Gasteiger charge is 2.47. The second-order valence-corrected chi connectivity index (χ2v) is 13.8. The van der Waals surface area contributed by atoms with E-state index in [2.05, 4.69) is 4.98 Å². The molecule has 3 atom stereocenters. The van der Waals surface area contributed by atoms with E-state index in [0.717, 1.165) is 37.6 Å². The van der Waals surface area contributed by atoms with E-state index in [1.807, 2.05) is 26.9 Å². The van der Waals surface area contributed by atoms with Gasteiger partial charge in [-0.25, -0.2) is 18.4 Å². The van der Waals surface area contributed by atoms with Crippen molar-refractivity contribution in [1.29, 1.82) is 0 Å². The molecule has 14 heteroatoms. The van der Waals surface area contributed by atoms with E-state index >= 15 is 0 Å². The van der Waals surface area contributed by atoms with Crippen molar-refractivity contribution in [2.75, 3.05) is 24.2 Å². The van der Waals surface area contributed by atoms with Crippen molar-refractivity contribution < 1.29 is 26.7 Å². The summed E-state index contributed by atoms with van der Waals surface area (Å²) in [7, 11) is -2.72. The van der Waals surface area contributed by atoms with E-state index in [4.69, 9.17) is 15.5 Å². The molecule has 2 aliphatic carbocycles. The van der Waals surface area contributed by atoms with Crippen LogP contribution in [0.25, 0.3) is 28.1 Å². The normalized spacial score (nSPS) is 21.9. The smallest absolute Gasteiger partial charge is 0.329 e. The zero-order valence-corrected chi connectivity index (χ0v) is 24.9. The molecule has 1 saturated heterocycles. The Morgan fingerprint density at radius 1 is 1.16 bits per heavy atom. The zero-order valence-electron chi connectivity index (χ0n) is 24.1. The van der Waals surface area contributed by atoms with Crippen molar-refractivity contribution in [1.82, 2.24) is 23.8 Å². The summed E-state index contributed by atoms with van der Waals surface area (Å²) >= 11 is 0. The number of hydrogen-bond donors (Lipinski definition) is 1. The number of anilines is 1.